The quantitative estimate of drug-likeness (QED) is 0.666. The predicted molar refractivity (Wildman–Crippen MR) is 55.2 cm³/mol. The normalized spacial score (nSPS) is 25.0. The largest absolute Gasteiger partial charge is 0.375 e. The number of carbonyl (C=O) groups excluding carboxylic acids is 1. The molecule has 0 radical (unpaired) electrons. The van der Waals surface area contributed by atoms with Crippen LogP contribution < -0.4 is 11.1 Å². The summed E-state index contributed by atoms with van der Waals surface area (Å²) in [5.74, 6) is -0.184. The van der Waals surface area contributed by atoms with Crippen LogP contribution >= 0.6 is 0 Å². The van der Waals surface area contributed by atoms with Gasteiger partial charge in [0.2, 0.25) is 5.91 Å². The van der Waals surface area contributed by atoms with Crippen LogP contribution in [-0.4, -0.2) is 37.6 Å². The van der Waals surface area contributed by atoms with Crippen molar-refractivity contribution in [2.45, 2.75) is 44.2 Å². The summed E-state index contributed by atoms with van der Waals surface area (Å²) in [4.78, 5) is 11.4. The number of halogens is 2. The maximum Gasteiger partial charge on any atom is 0.261 e. The lowest BCUT2D eigenvalue weighted by atomic mass is 10.2. The molecule has 0 saturated heterocycles. The van der Waals surface area contributed by atoms with Crippen molar-refractivity contribution in [1.29, 1.82) is 0 Å². The van der Waals surface area contributed by atoms with Gasteiger partial charge in [0.25, 0.3) is 6.43 Å². The van der Waals surface area contributed by atoms with Crippen molar-refractivity contribution < 1.29 is 18.3 Å². The fraction of sp³-hybridized carbons (Fsp3) is 0.900. The second kappa shape index (κ2) is 6.75. The Morgan fingerprint density at radius 2 is 2.25 bits per heavy atom. The topological polar surface area (TPSA) is 64.3 Å². The van der Waals surface area contributed by atoms with Crippen LogP contribution in [0.25, 0.3) is 0 Å². The van der Waals surface area contributed by atoms with E-state index in [4.69, 9.17) is 5.73 Å². The number of hydrogen-bond acceptors (Lipinski definition) is 3. The average molecular weight is 236 g/mol. The van der Waals surface area contributed by atoms with Crippen molar-refractivity contribution in [3.05, 3.63) is 0 Å². The van der Waals surface area contributed by atoms with E-state index in [2.05, 4.69) is 10.1 Å². The Bertz CT molecular complexity index is 227. The van der Waals surface area contributed by atoms with E-state index in [-0.39, 0.29) is 31.0 Å². The summed E-state index contributed by atoms with van der Waals surface area (Å²) in [7, 11) is 0. The monoisotopic (exact) mass is 236 g/mol. The second-order valence-corrected chi connectivity index (χ2v) is 3.98. The molecule has 0 spiro atoms. The van der Waals surface area contributed by atoms with Crippen LogP contribution in [0.4, 0.5) is 8.78 Å². The Hall–Kier alpha value is -0.750. The average Bonchev–Trinajstić information content (AvgIpc) is 2.59. The zero-order valence-corrected chi connectivity index (χ0v) is 9.12. The molecular formula is C10H18F2N2O2. The maximum atomic E-state index is 11.7. The molecule has 94 valence electrons. The molecule has 1 aliphatic rings. The number of nitrogens with one attached hydrogen (secondary N) is 1. The van der Waals surface area contributed by atoms with Gasteiger partial charge in [0.1, 0.15) is 6.61 Å². The summed E-state index contributed by atoms with van der Waals surface area (Å²) >= 11 is 0. The molecule has 4 nitrogen and oxygen atoms in total. The predicted octanol–water partition coefficient (Wildman–Crippen LogP) is 0.654. The summed E-state index contributed by atoms with van der Waals surface area (Å²) < 4.78 is 28.0. The van der Waals surface area contributed by atoms with Crippen molar-refractivity contribution in [1.82, 2.24) is 5.32 Å². The Morgan fingerprint density at radius 3 is 2.81 bits per heavy atom. The standard InChI is InChI=1S/C10H18F2N2O2/c11-9(12)6-16-5-4-10(15)14-8-3-1-2-7(8)13/h7-9H,1-6,13H2,(H,14,15). The first-order valence-electron chi connectivity index (χ1n) is 5.50. The number of amides is 1. The van der Waals surface area contributed by atoms with E-state index in [1.54, 1.807) is 0 Å². The number of hydrogen-bond donors (Lipinski definition) is 2. The Balaban J connectivity index is 2.06. The van der Waals surface area contributed by atoms with E-state index in [1.165, 1.54) is 0 Å². The van der Waals surface area contributed by atoms with Crippen LogP contribution in [0.3, 0.4) is 0 Å². The van der Waals surface area contributed by atoms with Crippen molar-refractivity contribution in [2.75, 3.05) is 13.2 Å². The number of carbonyl (C=O) groups is 1. The molecular weight excluding hydrogens is 218 g/mol. The molecule has 1 rings (SSSR count). The zero-order valence-electron chi connectivity index (χ0n) is 9.12. The highest BCUT2D eigenvalue weighted by atomic mass is 19.3. The Morgan fingerprint density at radius 1 is 1.50 bits per heavy atom. The third-order valence-corrected chi connectivity index (χ3v) is 2.63. The summed E-state index contributed by atoms with van der Waals surface area (Å²) in [5.41, 5.74) is 5.78. The van der Waals surface area contributed by atoms with E-state index in [1.807, 2.05) is 0 Å². The summed E-state index contributed by atoms with van der Waals surface area (Å²) in [5, 5.41) is 2.79. The third kappa shape index (κ3) is 4.85. The van der Waals surface area contributed by atoms with Crippen LogP contribution in [0, 0.1) is 0 Å². The van der Waals surface area contributed by atoms with Crippen molar-refractivity contribution in [2.24, 2.45) is 5.73 Å². The smallest absolute Gasteiger partial charge is 0.261 e. The molecule has 2 atom stereocenters. The van der Waals surface area contributed by atoms with Gasteiger partial charge in [-0.15, -0.1) is 0 Å². The fourth-order valence-electron chi connectivity index (χ4n) is 1.78. The van der Waals surface area contributed by atoms with E-state index >= 15 is 0 Å². The van der Waals surface area contributed by atoms with Gasteiger partial charge in [-0.25, -0.2) is 8.78 Å². The number of nitrogens with two attached hydrogens (primary N) is 1. The van der Waals surface area contributed by atoms with Gasteiger partial charge in [-0.1, -0.05) is 0 Å². The van der Waals surface area contributed by atoms with Crippen LogP contribution in [-0.2, 0) is 9.53 Å². The lowest BCUT2D eigenvalue weighted by molar-refractivity contribution is -0.123. The first-order chi connectivity index (χ1) is 7.59. The molecule has 1 fully saturated rings. The highest BCUT2D eigenvalue weighted by Gasteiger charge is 2.24. The van der Waals surface area contributed by atoms with Crippen molar-refractivity contribution in [3.8, 4) is 0 Å². The van der Waals surface area contributed by atoms with Crippen molar-refractivity contribution >= 4 is 5.91 Å². The van der Waals surface area contributed by atoms with Gasteiger partial charge < -0.3 is 15.8 Å². The van der Waals surface area contributed by atoms with Crippen LogP contribution in [0.15, 0.2) is 0 Å². The minimum Gasteiger partial charge on any atom is -0.375 e. The highest BCUT2D eigenvalue weighted by molar-refractivity contribution is 5.76. The fourth-order valence-corrected chi connectivity index (χ4v) is 1.78. The highest BCUT2D eigenvalue weighted by Crippen LogP contribution is 2.16. The molecule has 1 amide bonds. The molecule has 0 heterocycles. The number of alkyl halides is 2. The molecule has 3 N–H and O–H groups in total. The van der Waals surface area contributed by atoms with Gasteiger partial charge in [0.15, 0.2) is 0 Å². The van der Waals surface area contributed by atoms with E-state index in [0.717, 1.165) is 19.3 Å². The number of rotatable bonds is 6. The lowest BCUT2D eigenvalue weighted by Crippen LogP contribution is -2.44. The molecule has 0 bridgehead atoms. The van der Waals surface area contributed by atoms with Crippen LogP contribution in [0.5, 0.6) is 0 Å². The molecule has 0 aromatic rings. The summed E-state index contributed by atoms with van der Waals surface area (Å²) in [6.07, 6.45) is 0.466. The summed E-state index contributed by atoms with van der Waals surface area (Å²) in [6, 6.07) is 0.0496. The lowest BCUT2D eigenvalue weighted by Gasteiger charge is -2.17. The van der Waals surface area contributed by atoms with Crippen molar-refractivity contribution in [3.63, 3.8) is 0 Å². The Kier molecular flexibility index (Phi) is 5.62. The van der Waals surface area contributed by atoms with Gasteiger partial charge in [0.05, 0.1) is 6.61 Å². The van der Waals surface area contributed by atoms with Gasteiger partial charge in [0, 0.05) is 18.5 Å². The SMILES string of the molecule is NC1CCCC1NC(=O)CCOCC(F)F. The molecule has 0 aliphatic heterocycles. The van der Waals surface area contributed by atoms with Crippen LogP contribution in [0.1, 0.15) is 25.7 Å². The maximum absolute atomic E-state index is 11.7. The van der Waals surface area contributed by atoms with Gasteiger partial charge in [-0.05, 0) is 19.3 Å². The first kappa shape index (κ1) is 13.3. The molecule has 0 aromatic carbocycles. The molecule has 0 aromatic heterocycles. The molecule has 1 aliphatic carbocycles. The zero-order chi connectivity index (χ0) is 12.0. The van der Waals surface area contributed by atoms with Gasteiger partial charge >= 0.3 is 0 Å². The minimum atomic E-state index is -2.48. The van der Waals surface area contributed by atoms with Crippen LogP contribution in [0.2, 0.25) is 0 Å². The van der Waals surface area contributed by atoms with Gasteiger partial charge in [-0.2, -0.15) is 0 Å². The minimum absolute atomic E-state index is 0.0194. The summed E-state index contributed by atoms with van der Waals surface area (Å²) in [6.45, 7) is -0.589. The molecule has 16 heavy (non-hydrogen) atoms. The molecule has 1 saturated carbocycles. The third-order valence-electron chi connectivity index (χ3n) is 2.63. The van der Waals surface area contributed by atoms with E-state index in [9.17, 15) is 13.6 Å². The number of ether oxygens (including phenoxy) is 1. The van der Waals surface area contributed by atoms with E-state index in [0.29, 0.717) is 0 Å². The first-order valence-corrected chi connectivity index (χ1v) is 5.50. The Labute approximate surface area is 93.5 Å². The van der Waals surface area contributed by atoms with E-state index < -0.39 is 13.0 Å². The molecule has 6 heteroatoms. The van der Waals surface area contributed by atoms with Gasteiger partial charge in [-0.3, -0.25) is 4.79 Å². The molecule has 2 unspecified atom stereocenters. The second-order valence-electron chi connectivity index (χ2n) is 3.98.